The molecule has 0 spiro atoms. The van der Waals surface area contributed by atoms with Gasteiger partial charge in [-0.05, 0) is 49.2 Å². The van der Waals surface area contributed by atoms with E-state index in [0.717, 1.165) is 19.3 Å². The Morgan fingerprint density at radius 3 is 2.50 bits per heavy atom. The number of ether oxygens (including phenoxy) is 1. The minimum atomic E-state index is -0.0809. The summed E-state index contributed by atoms with van der Waals surface area (Å²) in [5, 5.41) is 0. The lowest BCUT2D eigenvalue weighted by Crippen LogP contribution is -2.09. The van der Waals surface area contributed by atoms with E-state index in [0.29, 0.717) is 24.4 Å². The van der Waals surface area contributed by atoms with Gasteiger partial charge in [-0.25, -0.2) is 0 Å². The van der Waals surface area contributed by atoms with Crippen molar-refractivity contribution >= 4 is 5.97 Å². The third-order valence-corrected chi connectivity index (χ3v) is 3.47. The predicted molar refractivity (Wildman–Crippen MR) is 85.6 cm³/mol. The molecule has 0 aromatic rings. The van der Waals surface area contributed by atoms with E-state index >= 15 is 0 Å². The smallest absolute Gasteiger partial charge is 0.305 e. The first kappa shape index (κ1) is 19.0. The van der Waals surface area contributed by atoms with Gasteiger partial charge in [-0.1, -0.05) is 41.0 Å². The Labute approximate surface area is 125 Å². The molecule has 0 atom stereocenters. The summed E-state index contributed by atoms with van der Waals surface area (Å²) in [6.45, 7) is 13.4. The van der Waals surface area contributed by atoms with E-state index in [1.807, 2.05) is 13.8 Å². The van der Waals surface area contributed by atoms with Crippen molar-refractivity contribution in [2.75, 3.05) is 6.61 Å². The normalized spacial score (nSPS) is 11.2. The highest BCUT2D eigenvalue weighted by Gasteiger charge is 2.11. The highest BCUT2D eigenvalue weighted by atomic mass is 16.5. The number of carbonyl (C=O) groups excluding carboxylic acids is 1. The molecule has 0 aliphatic carbocycles. The lowest BCUT2D eigenvalue weighted by atomic mass is 9.86. The lowest BCUT2D eigenvalue weighted by Gasteiger charge is -2.19. The molecule has 0 amide bonds. The standard InChI is InChI=1S/C18H32O2/c1-7-18(5,6)13-9-11-16(4)10-8-12-17(19)20-14-15(2)3/h9,15H,7-8,10,12-14H2,1-6H3. The molecule has 20 heavy (non-hydrogen) atoms. The third kappa shape index (κ3) is 10.9. The Bertz CT molecular complexity index is 344. The monoisotopic (exact) mass is 280 g/mol. The van der Waals surface area contributed by atoms with Gasteiger partial charge in [0.2, 0.25) is 0 Å². The summed E-state index contributed by atoms with van der Waals surface area (Å²) >= 11 is 0. The van der Waals surface area contributed by atoms with Crippen molar-refractivity contribution in [2.45, 2.75) is 73.6 Å². The lowest BCUT2D eigenvalue weighted by molar-refractivity contribution is -0.144. The van der Waals surface area contributed by atoms with Gasteiger partial charge < -0.3 is 4.74 Å². The van der Waals surface area contributed by atoms with Gasteiger partial charge >= 0.3 is 5.97 Å². The molecule has 116 valence electrons. The summed E-state index contributed by atoms with van der Waals surface area (Å²) in [4.78, 5) is 11.5. The molecule has 0 heterocycles. The first-order valence-electron chi connectivity index (χ1n) is 7.83. The minimum absolute atomic E-state index is 0.0809. The topological polar surface area (TPSA) is 26.3 Å². The van der Waals surface area contributed by atoms with Gasteiger partial charge in [-0.2, -0.15) is 0 Å². The molecule has 0 unspecified atom stereocenters. The Morgan fingerprint density at radius 1 is 1.30 bits per heavy atom. The molecule has 2 heteroatoms. The van der Waals surface area contributed by atoms with Crippen LogP contribution in [0.2, 0.25) is 0 Å². The van der Waals surface area contributed by atoms with E-state index in [-0.39, 0.29) is 5.97 Å². The third-order valence-electron chi connectivity index (χ3n) is 3.47. The number of hydrogen-bond donors (Lipinski definition) is 0. The zero-order valence-corrected chi connectivity index (χ0v) is 14.2. The van der Waals surface area contributed by atoms with Gasteiger partial charge in [-0.15, -0.1) is 5.73 Å². The average molecular weight is 280 g/mol. The maximum Gasteiger partial charge on any atom is 0.305 e. The van der Waals surface area contributed by atoms with Crippen molar-refractivity contribution in [3.05, 3.63) is 17.4 Å². The number of allylic oxidation sites excluding steroid dienone is 1. The van der Waals surface area contributed by atoms with Gasteiger partial charge in [0.1, 0.15) is 0 Å². The minimum Gasteiger partial charge on any atom is -0.465 e. The van der Waals surface area contributed by atoms with Gasteiger partial charge in [0.15, 0.2) is 0 Å². The second kappa shape index (κ2) is 9.83. The van der Waals surface area contributed by atoms with Crippen molar-refractivity contribution in [1.29, 1.82) is 0 Å². The molecular weight excluding hydrogens is 248 g/mol. The first-order chi connectivity index (χ1) is 9.26. The van der Waals surface area contributed by atoms with Crippen LogP contribution in [-0.4, -0.2) is 12.6 Å². The van der Waals surface area contributed by atoms with Crippen LogP contribution in [0.5, 0.6) is 0 Å². The van der Waals surface area contributed by atoms with Gasteiger partial charge in [-0.3, -0.25) is 4.79 Å². The predicted octanol–water partition coefficient (Wildman–Crippen LogP) is 5.28. The van der Waals surface area contributed by atoms with Crippen molar-refractivity contribution in [3.8, 4) is 0 Å². The molecule has 0 saturated carbocycles. The summed E-state index contributed by atoms with van der Waals surface area (Å²) in [7, 11) is 0. The van der Waals surface area contributed by atoms with Crippen molar-refractivity contribution in [1.82, 2.24) is 0 Å². The van der Waals surface area contributed by atoms with Gasteiger partial charge in [0, 0.05) is 6.42 Å². The molecule has 0 saturated heterocycles. The fourth-order valence-electron chi connectivity index (χ4n) is 1.55. The summed E-state index contributed by atoms with van der Waals surface area (Å²) in [5.74, 6) is 0.327. The van der Waals surface area contributed by atoms with E-state index in [4.69, 9.17) is 4.74 Å². The number of carbonyl (C=O) groups is 1. The van der Waals surface area contributed by atoms with Crippen LogP contribution in [-0.2, 0) is 9.53 Å². The van der Waals surface area contributed by atoms with Crippen LogP contribution in [0, 0.1) is 11.3 Å². The van der Waals surface area contributed by atoms with Crippen LogP contribution in [0.1, 0.15) is 73.6 Å². The van der Waals surface area contributed by atoms with Crippen LogP contribution >= 0.6 is 0 Å². The fourth-order valence-corrected chi connectivity index (χ4v) is 1.55. The SMILES string of the molecule is CCC(C)(C)CC=C=C(C)CCCC(=O)OCC(C)C. The zero-order valence-electron chi connectivity index (χ0n) is 14.2. The Balaban J connectivity index is 3.95. The number of esters is 1. The van der Waals surface area contributed by atoms with Gasteiger partial charge in [0.05, 0.1) is 6.61 Å². The largest absolute Gasteiger partial charge is 0.465 e. The van der Waals surface area contributed by atoms with E-state index in [9.17, 15) is 4.79 Å². The molecule has 0 aliphatic heterocycles. The van der Waals surface area contributed by atoms with Crippen LogP contribution in [0.25, 0.3) is 0 Å². The van der Waals surface area contributed by atoms with Crippen molar-refractivity contribution in [3.63, 3.8) is 0 Å². The van der Waals surface area contributed by atoms with Gasteiger partial charge in [0.25, 0.3) is 0 Å². The van der Waals surface area contributed by atoms with Crippen LogP contribution < -0.4 is 0 Å². The quantitative estimate of drug-likeness (QED) is 0.424. The maximum atomic E-state index is 11.5. The van der Waals surface area contributed by atoms with Crippen molar-refractivity contribution in [2.24, 2.45) is 11.3 Å². The summed E-state index contributed by atoms with van der Waals surface area (Å²) in [5.41, 5.74) is 4.91. The Morgan fingerprint density at radius 2 is 1.95 bits per heavy atom. The molecule has 0 bridgehead atoms. The molecule has 0 rings (SSSR count). The molecule has 0 N–H and O–H groups in total. The fraction of sp³-hybridized carbons (Fsp3) is 0.778. The molecule has 2 nitrogen and oxygen atoms in total. The average Bonchev–Trinajstić information content (AvgIpc) is 2.36. The second-order valence-corrected chi connectivity index (χ2v) is 6.78. The van der Waals surface area contributed by atoms with Crippen LogP contribution in [0.15, 0.2) is 17.4 Å². The molecule has 0 aromatic carbocycles. The van der Waals surface area contributed by atoms with E-state index < -0.39 is 0 Å². The van der Waals surface area contributed by atoms with E-state index in [1.165, 1.54) is 12.0 Å². The Hall–Kier alpha value is -1.01. The molecule has 0 aliphatic rings. The highest BCUT2D eigenvalue weighted by Crippen LogP contribution is 2.24. The Kier molecular flexibility index (Phi) is 9.33. The molecule has 0 fully saturated rings. The summed E-state index contributed by atoms with van der Waals surface area (Å²) < 4.78 is 5.15. The molecular formula is C18H32O2. The van der Waals surface area contributed by atoms with Crippen LogP contribution in [0.4, 0.5) is 0 Å². The van der Waals surface area contributed by atoms with Crippen LogP contribution in [0.3, 0.4) is 0 Å². The highest BCUT2D eigenvalue weighted by molar-refractivity contribution is 5.69. The molecule has 0 radical (unpaired) electrons. The van der Waals surface area contributed by atoms with E-state index in [2.05, 4.69) is 39.5 Å². The maximum absolute atomic E-state index is 11.5. The number of hydrogen-bond acceptors (Lipinski definition) is 2. The summed E-state index contributed by atoms with van der Waals surface area (Å²) in [6.07, 6.45) is 6.63. The second-order valence-electron chi connectivity index (χ2n) is 6.78. The summed E-state index contributed by atoms with van der Waals surface area (Å²) in [6, 6.07) is 0. The first-order valence-corrected chi connectivity index (χ1v) is 7.83. The van der Waals surface area contributed by atoms with Crippen molar-refractivity contribution < 1.29 is 9.53 Å². The molecule has 0 aromatic heterocycles. The van der Waals surface area contributed by atoms with E-state index in [1.54, 1.807) is 0 Å². The zero-order chi connectivity index (χ0) is 15.6. The number of rotatable bonds is 9.